The summed E-state index contributed by atoms with van der Waals surface area (Å²) in [4.78, 5) is 22.9. The molecule has 1 atom stereocenters. The maximum absolute atomic E-state index is 12.1. The molecule has 1 aliphatic heterocycles. The van der Waals surface area contributed by atoms with Crippen LogP contribution in [0.3, 0.4) is 0 Å². The van der Waals surface area contributed by atoms with Crippen LogP contribution >= 0.6 is 0 Å². The Labute approximate surface area is 169 Å². The number of carbonyl (C=O) groups is 1. The number of alkyl carbamates (subject to hydrolysis) is 1. The molecule has 1 aliphatic rings. The van der Waals surface area contributed by atoms with E-state index in [4.69, 9.17) is 9.84 Å². The number of imidazole rings is 1. The van der Waals surface area contributed by atoms with Gasteiger partial charge in [0.15, 0.2) is 5.65 Å². The number of carbonyl (C=O) groups excluding carboxylic acids is 1. The number of pyridine rings is 1. The number of ether oxygens (including phenoxy) is 1. The molecule has 0 saturated carbocycles. The van der Waals surface area contributed by atoms with E-state index in [9.17, 15) is 4.79 Å². The molecule has 1 saturated heterocycles. The fraction of sp³-hybridized carbons (Fsp3) is 0.429. The number of anilines is 1. The van der Waals surface area contributed by atoms with Crippen molar-refractivity contribution < 1.29 is 9.53 Å². The van der Waals surface area contributed by atoms with E-state index >= 15 is 0 Å². The lowest BCUT2D eigenvalue weighted by Crippen LogP contribution is -2.49. The minimum atomic E-state index is -0.504. The van der Waals surface area contributed by atoms with Gasteiger partial charge < -0.3 is 15.0 Å². The van der Waals surface area contributed by atoms with Crippen molar-refractivity contribution >= 4 is 17.6 Å². The van der Waals surface area contributed by atoms with Crippen LogP contribution in [0.5, 0.6) is 0 Å². The summed E-state index contributed by atoms with van der Waals surface area (Å²) in [5.74, 6) is 0.862. The molecule has 29 heavy (non-hydrogen) atoms. The molecular weight excluding hydrogens is 368 g/mol. The van der Waals surface area contributed by atoms with Gasteiger partial charge in [-0.3, -0.25) is 4.98 Å². The van der Waals surface area contributed by atoms with Crippen molar-refractivity contribution in [1.82, 2.24) is 24.9 Å². The topological polar surface area (TPSA) is 84.6 Å². The lowest BCUT2D eigenvalue weighted by Gasteiger charge is -2.34. The minimum Gasteiger partial charge on any atom is -0.444 e. The monoisotopic (exact) mass is 394 g/mol. The molecule has 1 amide bonds. The predicted octanol–water partition coefficient (Wildman–Crippen LogP) is 3.28. The van der Waals surface area contributed by atoms with Gasteiger partial charge in [-0.1, -0.05) is 0 Å². The summed E-state index contributed by atoms with van der Waals surface area (Å²) in [6.07, 6.45) is 6.87. The van der Waals surface area contributed by atoms with Crippen molar-refractivity contribution in [2.45, 2.75) is 45.3 Å². The van der Waals surface area contributed by atoms with Crippen LogP contribution in [-0.2, 0) is 4.74 Å². The fourth-order valence-corrected chi connectivity index (χ4v) is 3.53. The number of nitrogens with one attached hydrogen (secondary N) is 1. The zero-order chi connectivity index (χ0) is 20.4. The van der Waals surface area contributed by atoms with E-state index in [2.05, 4.69) is 20.2 Å². The number of rotatable bonds is 3. The summed E-state index contributed by atoms with van der Waals surface area (Å²) in [6, 6.07) is 7.87. The first-order chi connectivity index (χ1) is 13.9. The number of aromatic nitrogens is 4. The average molecular weight is 394 g/mol. The number of nitrogens with zero attached hydrogens (tertiary/aromatic N) is 5. The maximum Gasteiger partial charge on any atom is 0.407 e. The highest BCUT2D eigenvalue weighted by Gasteiger charge is 2.25. The number of amides is 1. The highest BCUT2D eigenvalue weighted by atomic mass is 16.6. The SMILES string of the molecule is CC(C)(C)OC(=O)NC1CCCN(c2ccc3ncc(-c4ccncc4)n3n2)C1. The van der Waals surface area contributed by atoms with Crippen molar-refractivity contribution in [3.05, 3.63) is 42.9 Å². The van der Waals surface area contributed by atoms with Crippen LogP contribution in [0.15, 0.2) is 42.9 Å². The van der Waals surface area contributed by atoms with Crippen LogP contribution in [0.2, 0.25) is 0 Å². The quantitative estimate of drug-likeness (QED) is 0.734. The highest BCUT2D eigenvalue weighted by Crippen LogP contribution is 2.23. The zero-order valence-electron chi connectivity index (χ0n) is 17.0. The summed E-state index contributed by atoms with van der Waals surface area (Å²) < 4.78 is 7.25. The second kappa shape index (κ2) is 7.69. The van der Waals surface area contributed by atoms with Crippen molar-refractivity contribution in [3.63, 3.8) is 0 Å². The van der Waals surface area contributed by atoms with Crippen LogP contribution in [0.25, 0.3) is 16.9 Å². The van der Waals surface area contributed by atoms with E-state index in [1.54, 1.807) is 12.4 Å². The molecule has 0 radical (unpaired) electrons. The first-order valence-corrected chi connectivity index (χ1v) is 9.89. The van der Waals surface area contributed by atoms with E-state index in [1.165, 1.54) is 0 Å². The zero-order valence-corrected chi connectivity index (χ0v) is 17.0. The summed E-state index contributed by atoms with van der Waals surface area (Å²) >= 11 is 0. The molecule has 3 aromatic heterocycles. The molecule has 0 bridgehead atoms. The second-order valence-electron chi connectivity index (χ2n) is 8.27. The van der Waals surface area contributed by atoms with Gasteiger partial charge in [-0.05, 0) is 57.9 Å². The summed E-state index contributed by atoms with van der Waals surface area (Å²) in [5, 5.41) is 7.81. The Morgan fingerprint density at radius 3 is 2.76 bits per heavy atom. The van der Waals surface area contributed by atoms with Crippen LogP contribution < -0.4 is 10.2 Å². The molecule has 3 aromatic rings. The van der Waals surface area contributed by atoms with E-state index in [-0.39, 0.29) is 12.1 Å². The summed E-state index contributed by atoms with van der Waals surface area (Å²) in [6.45, 7) is 7.18. The Hall–Kier alpha value is -3.16. The third-order valence-electron chi connectivity index (χ3n) is 4.79. The van der Waals surface area contributed by atoms with Gasteiger partial charge in [-0.25, -0.2) is 14.3 Å². The number of fused-ring (bicyclic) bond motifs is 1. The number of piperidine rings is 1. The summed E-state index contributed by atoms with van der Waals surface area (Å²) in [7, 11) is 0. The summed E-state index contributed by atoms with van der Waals surface area (Å²) in [5.41, 5.74) is 2.22. The Balaban J connectivity index is 1.52. The lowest BCUT2D eigenvalue weighted by molar-refractivity contribution is 0.0500. The van der Waals surface area contributed by atoms with Gasteiger partial charge >= 0.3 is 6.09 Å². The molecular formula is C21H26N6O2. The van der Waals surface area contributed by atoms with Crippen molar-refractivity contribution in [3.8, 4) is 11.3 Å². The average Bonchev–Trinajstić information content (AvgIpc) is 3.10. The van der Waals surface area contributed by atoms with Crippen LogP contribution in [0.1, 0.15) is 33.6 Å². The molecule has 0 aliphatic carbocycles. The molecule has 8 heteroatoms. The highest BCUT2D eigenvalue weighted by molar-refractivity contribution is 5.68. The largest absolute Gasteiger partial charge is 0.444 e. The van der Waals surface area contributed by atoms with E-state index in [0.29, 0.717) is 6.54 Å². The predicted molar refractivity (Wildman–Crippen MR) is 111 cm³/mol. The first-order valence-electron chi connectivity index (χ1n) is 9.89. The van der Waals surface area contributed by atoms with Gasteiger partial charge in [0.05, 0.1) is 11.9 Å². The smallest absolute Gasteiger partial charge is 0.407 e. The molecule has 1 fully saturated rings. The van der Waals surface area contributed by atoms with E-state index in [0.717, 1.165) is 42.1 Å². The Kier molecular flexibility index (Phi) is 5.08. The third kappa shape index (κ3) is 4.47. The second-order valence-corrected chi connectivity index (χ2v) is 8.27. The van der Waals surface area contributed by atoms with E-state index in [1.807, 2.05) is 55.7 Å². The molecule has 1 N–H and O–H groups in total. The maximum atomic E-state index is 12.1. The van der Waals surface area contributed by atoms with Crippen LogP contribution in [0.4, 0.5) is 10.6 Å². The Morgan fingerprint density at radius 1 is 1.21 bits per heavy atom. The molecule has 8 nitrogen and oxygen atoms in total. The lowest BCUT2D eigenvalue weighted by atomic mass is 10.1. The van der Waals surface area contributed by atoms with Crippen LogP contribution in [-0.4, -0.2) is 50.4 Å². The molecule has 4 heterocycles. The van der Waals surface area contributed by atoms with Gasteiger partial charge in [0.25, 0.3) is 0 Å². The molecule has 4 rings (SSSR count). The minimum absolute atomic E-state index is 0.0264. The number of hydrogen-bond acceptors (Lipinski definition) is 6. The van der Waals surface area contributed by atoms with Crippen molar-refractivity contribution in [2.24, 2.45) is 0 Å². The molecule has 1 unspecified atom stereocenters. The van der Waals surface area contributed by atoms with Gasteiger partial charge in [0.2, 0.25) is 0 Å². The van der Waals surface area contributed by atoms with Gasteiger partial charge in [0, 0.05) is 37.1 Å². The normalized spacial score (nSPS) is 17.3. The molecule has 152 valence electrons. The van der Waals surface area contributed by atoms with E-state index < -0.39 is 5.60 Å². The van der Waals surface area contributed by atoms with Gasteiger partial charge in [-0.15, -0.1) is 5.10 Å². The van der Waals surface area contributed by atoms with Gasteiger partial charge in [0.1, 0.15) is 11.4 Å². The third-order valence-corrected chi connectivity index (χ3v) is 4.79. The molecule has 0 aromatic carbocycles. The molecule has 0 spiro atoms. The van der Waals surface area contributed by atoms with Gasteiger partial charge in [-0.2, -0.15) is 0 Å². The van der Waals surface area contributed by atoms with Crippen LogP contribution in [0, 0.1) is 0 Å². The first kappa shape index (κ1) is 19.2. The standard InChI is InChI=1S/C21H26N6O2/c1-21(2,3)29-20(28)24-16-5-4-12-26(14-16)19-7-6-18-23-13-17(27(18)25-19)15-8-10-22-11-9-15/h6-11,13,16H,4-5,12,14H2,1-3H3,(H,24,28). The Bertz CT molecular complexity index is 995. The number of hydrogen-bond donors (Lipinski definition) is 1. The van der Waals surface area contributed by atoms with Crippen molar-refractivity contribution in [2.75, 3.05) is 18.0 Å². The van der Waals surface area contributed by atoms with Crippen molar-refractivity contribution in [1.29, 1.82) is 0 Å². The fourth-order valence-electron chi connectivity index (χ4n) is 3.53. The Morgan fingerprint density at radius 2 is 2.00 bits per heavy atom.